The number of phenols is 1. The van der Waals surface area contributed by atoms with Gasteiger partial charge in [-0.15, -0.1) is 0 Å². The molecule has 2 aromatic carbocycles. The molecule has 2 atom stereocenters. The fraction of sp³-hybridized carbons (Fsp3) is 0.118. The Bertz CT molecular complexity index is 699. The highest BCUT2D eigenvalue weighted by molar-refractivity contribution is 5.79. The third-order valence-corrected chi connectivity index (χ3v) is 3.07. The van der Waals surface area contributed by atoms with Gasteiger partial charge in [0, 0.05) is 6.08 Å². The van der Waals surface area contributed by atoms with E-state index in [1.54, 1.807) is 30.3 Å². The monoisotopic (exact) mass is 318 g/mol. The molecular weight excluding hydrogens is 303 g/mol. The van der Waals surface area contributed by atoms with E-state index < -0.39 is 29.7 Å². The van der Waals surface area contributed by atoms with Gasteiger partial charge in [-0.1, -0.05) is 24.3 Å². The average molecular weight is 318 g/mol. The van der Waals surface area contributed by atoms with Crippen LogP contribution >= 0.6 is 0 Å². The van der Waals surface area contributed by atoms with Crippen LogP contribution in [0.3, 0.4) is 0 Å². The summed E-state index contributed by atoms with van der Waals surface area (Å²) in [5.41, 5.74) is 0.149. The second-order valence-corrected chi connectivity index (χ2v) is 4.75. The molecule has 0 aliphatic rings. The standard InChI is InChI=1S/C17H15FO5/c18-13-10-11(6-7-14(13)19)17(22)15(8-9-16(20)21)23-12-4-2-1-3-5-12/h1-10,15,17,19,22H,(H,20,21)/b9-8+/t15-,17-/m0/s1. The number of benzene rings is 2. The Morgan fingerprint density at radius 3 is 2.48 bits per heavy atom. The van der Waals surface area contributed by atoms with E-state index in [-0.39, 0.29) is 5.56 Å². The third-order valence-electron chi connectivity index (χ3n) is 3.07. The van der Waals surface area contributed by atoms with Crippen molar-refractivity contribution in [2.24, 2.45) is 0 Å². The lowest BCUT2D eigenvalue weighted by Crippen LogP contribution is -2.23. The molecule has 6 heteroatoms. The molecule has 5 nitrogen and oxygen atoms in total. The van der Waals surface area contributed by atoms with Gasteiger partial charge in [-0.3, -0.25) is 0 Å². The summed E-state index contributed by atoms with van der Waals surface area (Å²) < 4.78 is 19.0. The largest absolute Gasteiger partial charge is 0.505 e. The van der Waals surface area contributed by atoms with Crippen molar-refractivity contribution in [1.82, 2.24) is 0 Å². The van der Waals surface area contributed by atoms with E-state index >= 15 is 0 Å². The van der Waals surface area contributed by atoms with Gasteiger partial charge in [0.15, 0.2) is 11.6 Å². The zero-order valence-electron chi connectivity index (χ0n) is 12.0. The number of carboxylic acid groups (broad SMARTS) is 1. The maximum absolute atomic E-state index is 13.4. The van der Waals surface area contributed by atoms with E-state index in [4.69, 9.17) is 9.84 Å². The number of carbonyl (C=O) groups is 1. The van der Waals surface area contributed by atoms with Crippen molar-refractivity contribution >= 4 is 5.97 Å². The Hall–Kier alpha value is -2.86. The molecular formula is C17H15FO5. The maximum atomic E-state index is 13.4. The molecule has 2 aromatic rings. The molecule has 0 bridgehead atoms. The molecule has 0 aliphatic carbocycles. The third kappa shape index (κ3) is 4.55. The summed E-state index contributed by atoms with van der Waals surface area (Å²) in [6, 6.07) is 11.9. The zero-order chi connectivity index (χ0) is 16.8. The Morgan fingerprint density at radius 1 is 1.17 bits per heavy atom. The van der Waals surface area contributed by atoms with Crippen LogP contribution in [0, 0.1) is 5.82 Å². The molecule has 0 saturated carbocycles. The van der Waals surface area contributed by atoms with Crippen molar-refractivity contribution in [1.29, 1.82) is 0 Å². The summed E-state index contributed by atoms with van der Waals surface area (Å²) in [6.07, 6.45) is -0.350. The fourth-order valence-corrected chi connectivity index (χ4v) is 1.94. The number of ether oxygens (including phenoxy) is 1. The number of aliphatic hydroxyl groups excluding tert-OH is 1. The van der Waals surface area contributed by atoms with Crippen LogP contribution in [-0.2, 0) is 4.79 Å². The van der Waals surface area contributed by atoms with Gasteiger partial charge in [0.2, 0.25) is 0 Å². The summed E-state index contributed by atoms with van der Waals surface area (Å²) in [5.74, 6) is -2.20. The van der Waals surface area contributed by atoms with Crippen molar-refractivity contribution in [3.63, 3.8) is 0 Å². The number of phenolic OH excluding ortho intramolecular Hbond substituents is 1. The van der Waals surface area contributed by atoms with Crippen molar-refractivity contribution in [2.75, 3.05) is 0 Å². The SMILES string of the molecule is O=C(O)/C=C/[C@H](Oc1ccccc1)[C@@H](O)c1ccc(O)c(F)c1. The number of hydrogen-bond acceptors (Lipinski definition) is 4. The van der Waals surface area contributed by atoms with Gasteiger partial charge < -0.3 is 20.1 Å². The van der Waals surface area contributed by atoms with Crippen LogP contribution in [0.15, 0.2) is 60.7 Å². The van der Waals surface area contributed by atoms with Gasteiger partial charge in [0.25, 0.3) is 0 Å². The number of carboxylic acids is 1. The number of para-hydroxylation sites is 1. The van der Waals surface area contributed by atoms with Crippen molar-refractivity contribution < 1.29 is 29.2 Å². The number of halogens is 1. The zero-order valence-corrected chi connectivity index (χ0v) is 12.0. The van der Waals surface area contributed by atoms with Crippen LogP contribution < -0.4 is 4.74 Å². The van der Waals surface area contributed by atoms with Crippen LogP contribution in [0.5, 0.6) is 11.5 Å². The van der Waals surface area contributed by atoms with Gasteiger partial charge in [-0.25, -0.2) is 9.18 Å². The molecule has 2 rings (SSSR count). The van der Waals surface area contributed by atoms with E-state index in [0.29, 0.717) is 5.75 Å². The highest BCUT2D eigenvalue weighted by Gasteiger charge is 2.22. The minimum absolute atomic E-state index is 0.149. The van der Waals surface area contributed by atoms with E-state index in [1.807, 2.05) is 0 Å². The van der Waals surface area contributed by atoms with Gasteiger partial charge >= 0.3 is 5.97 Å². The van der Waals surface area contributed by atoms with Gasteiger partial charge in [-0.05, 0) is 35.9 Å². The molecule has 0 spiro atoms. The number of aliphatic hydroxyl groups is 1. The average Bonchev–Trinajstić information content (AvgIpc) is 2.54. The number of hydrogen-bond donors (Lipinski definition) is 3. The van der Waals surface area contributed by atoms with Crippen LogP contribution in [-0.4, -0.2) is 27.4 Å². The minimum Gasteiger partial charge on any atom is -0.505 e. The number of rotatable bonds is 6. The van der Waals surface area contributed by atoms with Crippen LogP contribution in [0.25, 0.3) is 0 Å². The molecule has 0 heterocycles. The molecule has 0 fully saturated rings. The molecule has 0 radical (unpaired) electrons. The summed E-state index contributed by atoms with van der Waals surface area (Å²) in [6.45, 7) is 0. The predicted molar refractivity (Wildman–Crippen MR) is 80.7 cm³/mol. The first-order valence-electron chi connectivity index (χ1n) is 6.76. The second kappa shape index (κ2) is 7.42. The minimum atomic E-state index is -1.32. The van der Waals surface area contributed by atoms with Crippen molar-refractivity contribution in [3.8, 4) is 11.5 Å². The molecule has 0 unspecified atom stereocenters. The van der Waals surface area contributed by atoms with Crippen molar-refractivity contribution in [2.45, 2.75) is 12.2 Å². The Labute approximate surface area is 131 Å². The van der Waals surface area contributed by atoms with Gasteiger partial charge in [0.05, 0.1) is 0 Å². The first kappa shape index (κ1) is 16.5. The Morgan fingerprint density at radius 2 is 1.87 bits per heavy atom. The molecule has 0 amide bonds. The molecule has 3 N–H and O–H groups in total. The first-order chi connectivity index (χ1) is 11.0. The lowest BCUT2D eigenvalue weighted by atomic mass is 10.0. The highest BCUT2D eigenvalue weighted by Crippen LogP contribution is 2.26. The highest BCUT2D eigenvalue weighted by atomic mass is 19.1. The molecule has 23 heavy (non-hydrogen) atoms. The van der Waals surface area contributed by atoms with E-state index in [0.717, 1.165) is 18.2 Å². The van der Waals surface area contributed by atoms with Gasteiger partial charge in [0.1, 0.15) is 18.0 Å². The quantitative estimate of drug-likeness (QED) is 0.713. The molecule has 120 valence electrons. The topological polar surface area (TPSA) is 87.0 Å². The predicted octanol–water partition coefficient (Wildman–Crippen LogP) is 2.65. The summed E-state index contributed by atoms with van der Waals surface area (Å²) in [4.78, 5) is 10.7. The number of aliphatic carboxylic acids is 1. The Kier molecular flexibility index (Phi) is 5.32. The Balaban J connectivity index is 2.27. The van der Waals surface area contributed by atoms with E-state index in [9.17, 15) is 19.4 Å². The molecule has 0 aliphatic heterocycles. The van der Waals surface area contributed by atoms with E-state index in [2.05, 4.69) is 0 Å². The fourth-order valence-electron chi connectivity index (χ4n) is 1.94. The maximum Gasteiger partial charge on any atom is 0.328 e. The normalized spacial score (nSPS) is 13.7. The van der Waals surface area contributed by atoms with Crippen LogP contribution in [0.4, 0.5) is 4.39 Å². The van der Waals surface area contributed by atoms with E-state index in [1.165, 1.54) is 12.1 Å². The van der Waals surface area contributed by atoms with Crippen LogP contribution in [0.2, 0.25) is 0 Å². The lowest BCUT2D eigenvalue weighted by Gasteiger charge is -2.22. The van der Waals surface area contributed by atoms with Gasteiger partial charge in [-0.2, -0.15) is 0 Å². The smallest absolute Gasteiger partial charge is 0.328 e. The number of aromatic hydroxyl groups is 1. The summed E-state index contributed by atoms with van der Waals surface area (Å²) >= 11 is 0. The summed E-state index contributed by atoms with van der Waals surface area (Å²) in [5, 5.41) is 28.3. The lowest BCUT2D eigenvalue weighted by molar-refractivity contribution is -0.131. The van der Waals surface area contributed by atoms with Crippen LogP contribution in [0.1, 0.15) is 11.7 Å². The molecule has 0 saturated heterocycles. The molecule has 0 aromatic heterocycles. The summed E-state index contributed by atoms with van der Waals surface area (Å²) in [7, 11) is 0. The second-order valence-electron chi connectivity index (χ2n) is 4.75. The van der Waals surface area contributed by atoms with Crippen molar-refractivity contribution in [3.05, 3.63) is 72.1 Å². The first-order valence-corrected chi connectivity index (χ1v) is 6.76.